The molecule has 0 atom stereocenters. The lowest BCUT2D eigenvalue weighted by Gasteiger charge is -2.04. The Balaban J connectivity index is 1.87. The predicted molar refractivity (Wildman–Crippen MR) is 82.3 cm³/mol. The van der Waals surface area contributed by atoms with Crippen molar-refractivity contribution in [3.8, 4) is 0 Å². The van der Waals surface area contributed by atoms with E-state index in [0.29, 0.717) is 5.56 Å². The average molecular weight is 279 g/mol. The van der Waals surface area contributed by atoms with E-state index in [1.165, 1.54) is 10.8 Å². The number of hydrogen-bond acceptors (Lipinski definition) is 3. The molecule has 0 fully saturated rings. The minimum Gasteiger partial charge on any atom is -0.294 e. The van der Waals surface area contributed by atoms with Gasteiger partial charge >= 0.3 is 0 Å². The second-order valence-electron chi connectivity index (χ2n) is 4.55. The molecule has 98 valence electrons. The summed E-state index contributed by atoms with van der Waals surface area (Å²) in [6.45, 7) is 1.55. The van der Waals surface area contributed by atoms with Crippen LogP contribution in [0.5, 0.6) is 0 Å². The fourth-order valence-corrected chi connectivity index (χ4v) is 2.81. The molecule has 2 aromatic carbocycles. The third-order valence-electron chi connectivity index (χ3n) is 3.09. The van der Waals surface area contributed by atoms with Crippen LogP contribution in [0.4, 0.5) is 0 Å². The van der Waals surface area contributed by atoms with Crippen LogP contribution in [0.3, 0.4) is 0 Å². The summed E-state index contributed by atoms with van der Waals surface area (Å²) in [6, 6.07) is 18.3. The van der Waals surface area contributed by atoms with E-state index in [1.54, 1.807) is 24.9 Å². The fourth-order valence-electron chi connectivity index (χ4n) is 2.00. The summed E-state index contributed by atoms with van der Waals surface area (Å²) >= 11 is 1.60. The Hall–Kier alpha value is -2.13. The number of carbonyl (C=O) groups excluding carboxylic acids is 1. The molecule has 0 saturated heterocycles. The number of benzene rings is 2. The molecule has 20 heavy (non-hydrogen) atoms. The monoisotopic (exact) mass is 279 g/mol. The van der Waals surface area contributed by atoms with Gasteiger partial charge in [-0.3, -0.25) is 4.79 Å². The van der Waals surface area contributed by atoms with Gasteiger partial charge in [-0.2, -0.15) is 0 Å². The molecule has 2 nitrogen and oxygen atoms in total. The van der Waals surface area contributed by atoms with E-state index in [4.69, 9.17) is 0 Å². The number of rotatable bonds is 3. The largest absolute Gasteiger partial charge is 0.294 e. The molecule has 0 aliphatic rings. The number of hydrogen-bond donors (Lipinski definition) is 0. The van der Waals surface area contributed by atoms with Gasteiger partial charge in [0.1, 0.15) is 5.03 Å². The van der Waals surface area contributed by atoms with Crippen molar-refractivity contribution in [1.29, 1.82) is 0 Å². The molecule has 3 heteroatoms. The van der Waals surface area contributed by atoms with Crippen LogP contribution in [0.1, 0.15) is 17.3 Å². The van der Waals surface area contributed by atoms with E-state index in [-0.39, 0.29) is 5.78 Å². The second kappa shape index (κ2) is 5.47. The summed E-state index contributed by atoms with van der Waals surface area (Å²) < 4.78 is 0. The topological polar surface area (TPSA) is 30.0 Å². The molecule has 3 aromatic rings. The summed E-state index contributed by atoms with van der Waals surface area (Å²) in [6.07, 6.45) is 1.63. The molecular formula is C17H13NOS. The molecule has 3 rings (SSSR count). The van der Waals surface area contributed by atoms with Gasteiger partial charge in [0, 0.05) is 16.7 Å². The van der Waals surface area contributed by atoms with Gasteiger partial charge in [-0.1, -0.05) is 42.1 Å². The number of fused-ring (bicyclic) bond motifs is 1. The van der Waals surface area contributed by atoms with E-state index in [2.05, 4.69) is 35.3 Å². The first kappa shape index (κ1) is 12.9. The average Bonchev–Trinajstić information content (AvgIpc) is 2.48. The summed E-state index contributed by atoms with van der Waals surface area (Å²) in [5.74, 6) is 0.0414. The summed E-state index contributed by atoms with van der Waals surface area (Å²) in [5, 5.41) is 3.35. The van der Waals surface area contributed by atoms with Crippen LogP contribution in [0.2, 0.25) is 0 Å². The number of nitrogens with zero attached hydrogens (tertiary/aromatic N) is 1. The Morgan fingerprint density at radius 1 is 1.00 bits per heavy atom. The third-order valence-corrected chi connectivity index (χ3v) is 4.03. The lowest BCUT2D eigenvalue weighted by molar-refractivity contribution is 0.101. The van der Waals surface area contributed by atoms with Gasteiger partial charge in [-0.05, 0) is 42.0 Å². The molecule has 0 aliphatic heterocycles. The van der Waals surface area contributed by atoms with Crippen molar-refractivity contribution in [2.75, 3.05) is 0 Å². The molecule has 0 saturated carbocycles. The van der Waals surface area contributed by atoms with Crippen LogP contribution in [0, 0.1) is 0 Å². The maximum Gasteiger partial charge on any atom is 0.161 e. The Morgan fingerprint density at radius 3 is 2.50 bits per heavy atom. The number of pyridine rings is 1. The maximum absolute atomic E-state index is 11.2. The third kappa shape index (κ3) is 2.73. The SMILES string of the molecule is CC(=O)c1ccc(Sc2ccc3ccccc3c2)nc1. The highest BCUT2D eigenvalue weighted by Gasteiger charge is 2.03. The number of Topliss-reactive ketones (excluding diaryl/α,β-unsaturated/α-hetero) is 1. The van der Waals surface area contributed by atoms with Crippen LogP contribution >= 0.6 is 11.8 Å². The Kier molecular flexibility index (Phi) is 3.52. The zero-order valence-corrected chi connectivity index (χ0v) is 11.9. The van der Waals surface area contributed by atoms with Crippen molar-refractivity contribution < 1.29 is 4.79 Å². The molecule has 0 spiro atoms. The number of carbonyl (C=O) groups is 1. The van der Waals surface area contributed by atoms with E-state index < -0.39 is 0 Å². The summed E-state index contributed by atoms with van der Waals surface area (Å²) in [7, 11) is 0. The molecule has 0 unspecified atom stereocenters. The summed E-state index contributed by atoms with van der Waals surface area (Å²) in [4.78, 5) is 16.7. The molecule has 0 amide bonds. The minimum absolute atomic E-state index is 0.0414. The Bertz CT molecular complexity index is 765. The normalized spacial score (nSPS) is 10.7. The van der Waals surface area contributed by atoms with Gasteiger partial charge in [-0.15, -0.1) is 0 Å². The Morgan fingerprint density at radius 2 is 1.80 bits per heavy atom. The molecule has 0 bridgehead atoms. The first-order valence-corrected chi connectivity index (χ1v) is 7.18. The van der Waals surface area contributed by atoms with Crippen molar-refractivity contribution >= 4 is 28.3 Å². The highest BCUT2D eigenvalue weighted by molar-refractivity contribution is 7.99. The van der Waals surface area contributed by atoms with Crippen molar-refractivity contribution in [2.45, 2.75) is 16.8 Å². The zero-order chi connectivity index (χ0) is 13.9. The van der Waals surface area contributed by atoms with Crippen LogP contribution in [0.15, 0.2) is 70.7 Å². The van der Waals surface area contributed by atoms with Gasteiger partial charge in [0.2, 0.25) is 0 Å². The smallest absolute Gasteiger partial charge is 0.161 e. The van der Waals surface area contributed by atoms with E-state index >= 15 is 0 Å². The Labute approximate surface area is 121 Å². The molecule has 0 radical (unpaired) electrons. The number of ketones is 1. The lowest BCUT2D eigenvalue weighted by atomic mass is 10.1. The van der Waals surface area contributed by atoms with E-state index in [0.717, 1.165) is 9.92 Å². The maximum atomic E-state index is 11.2. The molecule has 0 N–H and O–H groups in total. The van der Waals surface area contributed by atoms with Gasteiger partial charge < -0.3 is 0 Å². The summed E-state index contributed by atoms with van der Waals surface area (Å²) in [5.41, 5.74) is 0.646. The van der Waals surface area contributed by atoms with Gasteiger partial charge in [0.25, 0.3) is 0 Å². The second-order valence-corrected chi connectivity index (χ2v) is 5.65. The predicted octanol–water partition coefficient (Wildman–Crippen LogP) is 4.59. The lowest BCUT2D eigenvalue weighted by Crippen LogP contribution is -1.92. The standard InChI is InChI=1S/C17H13NOS/c1-12(19)15-7-9-17(18-11-15)20-16-8-6-13-4-2-3-5-14(13)10-16/h2-11H,1H3. The number of aromatic nitrogens is 1. The van der Waals surface area contributed by atoms with Crippen LogP contribution in [-0.2, 0) is 0 Å². The quantitative estimate of drug-likeness (QED) is 0.657. The molecule has 1 aromatic heterocycles. The van der Waals surface area contributed by atoms with Gasteiger partial charge in [0.05, 0.1) is 0 Å². The minimum atomic E-state index is 0.0414. The van der Waals surface area contributed by atoms with Crippen molar-refractivity contribution in [3.63, 3.8) is 0 Å². The van der Waals surface area contributed by atoms with Crippen molar-refractivity contribution in [1.82, 2.24) is 4.98 Å². The van der Waals surface area contributed by atoms with Gasteiger partial charge in [0.15, 0.2) is 5.78 Å². The highest BCUT2D eigenvalue weighted by Crippen LogP contribution is 2.28. The highest BCUT2D eigenvalue weighted by atomic mass is 32.2. The first-order chi connectivity index (χ1) is 9.72. The van der Waals surface area contributed by atoms with Crippen molar-refractivity contribution in [3.05, 3.63) is 66.4 Å². The first-order valence-electron chi connectivity index (χ1n) is 6.36. The van der Waals surface area contributed by atoms with Crippen LogP contribution in [-0.4, -0.2) is 10.8 Å². The van der Waals surface area contributed by atoms with Crippen LogP contribution < -0.4 is 0 Å². The van der Waals surface area contributed by atoms with Crippen molar-refractivity contribution in [2.24, 2.45) is 0 Å². The molecule has 0 aliphatic carbocycles. The van der Waals surface area contributed by atoms with E-state index in [1.807, 2.05) is 24.3 Å². The fraction of sp³-hybridized carbons (Fsp3) is 0.0588. The van der Waals surface area contributed by atoms with Gasteiger partial charge in [-0.25, -0.2) is 4.98 Å². The van der Waals surface area contributed by atoms with Crippen LogP contribution in [0.25, 0.3) is 10.8 Å². The molecule has 1 heterocycles. The van der Waals surface area contributed by atoms with E-state index in [9.17, 15) is 4.79 Å². The zero-order valence-electron chi connectivity index (χ0n) is 11.0. The molecular weight excluding hydrogens is 266 g/mol.